The van der Waals surface area contributed by atoms with Crippen molar-refractivity contribution in [2.24, 2.45) is 0 Å². The Morgan fingerprint density at radius 1 is 0.963 bits per heavy atom. The van der Waals surface area contributed by atoms with Gasteiger partial charge in [0.15, 0.2) is 0 Å². The fraction of sp³-hybridized carbons (Fsp3) is 0.286. The monoisotopic (exact) mass is 366 g/mol. The summed E-state index contributed by atoms with van der Waals surface area (Å²) in [7, 11) is 4.05. The van der Waals surface area contributed by atoms with Crippen LogP contribution in [0.25, 0.3) is 0 Å². The molecule has 2 N–H and O–H groups in total. The normalized spacial score (nSPS) is 15.6. The van der Waals surface area contributed by atoms with Crippen molar-refractivity contribution in [1.82, 2.24) is 10.2 Å². The second-order valence-corrected chi connectivity index (χ2v) is 6.99. The van der Waals surface area contributed by atoms with Crippen molar-refractivity contribution in [3.05, 3.63) is 71.3 Å². The number of quaternary nitrogens is 1. The summed E-state index contributed by atoms with van der Waals surface area (Å²) in [6.07, 6.45) is 0. The van der Waals surface area contributed by atoms with E-state index in [1.165, 1.54) is 4.90 Å². The van der Waals surface area contributed by atoms with Gasteiger partial charge in [-0.1, -0.05) is 42.5 Å². The molecule has 0 spiro atoms. The molecule has 0 fully saturated rings. The molecule has 0 bridgehead atoms. The van der Waals surface area contributed by atoms with Gasteiger partial charge in [0, 0.05) is 5.56 Å². The van der Waals surface area contributed by atoms with Crippen LogP contribution < -0.4 is 10.2 Å². The number of hydrogen-bond acceptors (Lipinski definition) is 3. The van der Waals surface area contributed by atoms with Gasteiger partial charge in [0.1, 0.15) is 12.1 Å². The van der Waals surface area contributed by atoms with E-state index in [9.17, 15) is 14.4 Å². The average Bonchev–Trinajstić information content (AvgIpc) is 2.93. The van der Waals surface area contributed by atoms with Crippen molar-refractivity contribution < 1.29 is 19.3 Å². The number of fused-ring (bicyclic) bond motifs is 1. The molecule has 1 aliphatic heterocycles. The van der Waals surface area contributed by atoms with E-state index in [1.54, 1.807) is 31.2 Å². The molecule has 2 atom stereocenters. The Morgan fingerprint density at radius 3 is 2.00 bits per heavy atom. The van der Waals surface area contributed by atoms with Crippen molar-refractivity contribution in [2.75, 3.05) is 20.6 Å². The summed E-state index contributed by atoms with van der Waals surface area (Å²) in [5.41, 5.74) is 1.82. The van der Waals surface area contributed by atoms with Crippen molar-refractivity contribution in [3.63, 3.8) is 0 Å². The Kier molecular flexibility index (Phi) is 5.37. The van der Waals surface area contributed by atoms with Gasteiger partial charge < -0.3 is 10.2 Å². The SMILES string of the molecule is C[C@@H](C(=O)NC[C@@H](c1ccccc1)[NH+](C)C)N1C(=O)c2ccccc2C1=O. The highest BCUT2D eigenvalue weighted by Gasteiger charge is 2.40. The summed E-state index contributed by atoms with van der Waals surface area (Å²) < 4.78 is 0. The third-order valence-electron chi connectivity index (χ3n) is 4.97. The van der Waals surface area contributed by atoms with Crippen LogP contribution in [0, 0.1) is 0 Å². The van der Waals surface area contributed by atoms with Gasteiger partial charge in [-0.3, -0.25) is 19.3 Å². The number of hydrogen-bond donors (Lipinski definition) is 2. The molecule has 1 heterocycles. The quantitative estimate of drug-likeness (QED) is 0.739. The van der Waals surface area contributed by atoms with Gasteiger partial charge >= 0.3 is 0 Å². The molecule has 6 heteroatoms. The smallest absolute Gasteiger partial charge is 0.262 e. The van der Waals surface area contributed by atoms with Crippen molar-refractivity contribution in [3.8, 4) is 0 Å². The summed E-state index contributed by atoms with van der Waals surface area (Å²) in [6.45, 7) is 2.00. The molecule has 140 valence electrons. The van der Waals surface area contributed by atoms with Gasteiger partial charge in [-0.15, -0.1) is 0 Å². The Balaban J connectivity index is 1.69. The average molecular weight is 366 g/mol. The lowest BCUT2D eigenvalue weighted by atomic mass is 10.1. The molecule has 27 heavy (non-hydrogen) atoms. The molecule has 0 aromatic heterocycles. The Labute approximate surface area is 158 Å². The van der Waals surface area contributed by atoms with E-state index in [1.807, 2.05) is 44.4 Å². The highest BCUT2D eigenvalue weighted by atomic mass is 16.2. The largest absolute Gasteiger partial charge is 0.348 e. The molecule has 0 radical (unpaired) electrons. The van der Waals surface area contributed by atoms with Gasteiger partial charge in [0.2, 0.25) is 5.91 Å². The molecule has 3 rings (SSSR count). The zero-order valence-electron chi connectivity index (χ0n) is 15.7. The summed E-state index contributed by atoms with van der Waals surface area (Å²) in [5.74, 6) is -1.18. The first kappa shape index (κ1) is 18.8. The molecule has 2 aromatic rings. The van der Waals surface area contributed by atoms with E-state index in [-0.39, 0.29) is 11.9 Å². The molecule has 0 aliphatic carbocycles. The lowest BCUT2D eigenvalue weighted by molar-refractivity contribution is -0.890. The number of carbonyl (C=O) groups is 3. The van der Waals surface area contributed by atoms with E-state index in [0.717, 1.165) is 10.5 Å². The van der Waals surface area contributed by atoms with Gasteiger partial charge in [0.25, 0.3) is 11.8 Å². The van der Waals surface area contributed by atoms with Gasteiger partial charge in [-0.2, -0.15) is 0 Å². The zero-order valence-corrected chi connectivity index (χ0v) is 15.7. The van der Waals surface area contributed by atoms with Gasteiger partial charge in [0.05, 0.1) is 31.8 Å². The summed E-state index contributed by atoms with van der Waals surface area (Å²) >= 11 is 0. The first-order chi connectivity index (χ1) is 12.9. The molecule has 0 saturated heterocycles. The minimum absolute atomic E-state index is 0.0736. The van der Waals surface area contributed by atoms with Crippen LogP contribution in [0.1, 0.15) is 39.2 Å². The maximum atomic E-state index is 12.7. The third kappa shape index (κ3) is 3.61. The number of imide groups is 1. The van der Waals surface area contributed by atoms with Crippen LogP contribution in [0.4, 0.5) is 0 Å². The standard InChI is InChI=1S/C21H23N3O3/c1-14(24-20(26)16-11-7-8-12-17(16)21(24)27)19(25)22-13-18(23(2)3)15-9-5-4-6-10-15/h4-12,14,18H,13H2,1-3H3,(H,22,25)/p+1/t14-,18-/m0/s1. The van der Waals surface area contributed by atoms with Crippen molar-refractivity contribution >= 4 is 17.7 Å². The fourth-order valence-electron chi connectivity index (χ4n) is 3.37. The molecule has 0 unspecified atom stereocenters. The molecule has 6 nitrogen and oxygen atoms in total. The van der Waals surface area contributed by atoms with Gasteiger partial charge in [-0.25, -0.2) is 0 Å². The van der Waals surface area contributed by atoms with Crippen molar-refractivity contribution in [2.45, 2.75) is 19.0 Å². The predicted octanol–water partition coefficient (Wildman–Crippen LogP) is 0.673. The molecular formula is C21H24N3O3+. The summed E-state index contributed by atoms with van der Waals surface area (Å²) in [6, 6.07) is 15.8. The van der Waals surface area contributed by atoms with Crippen molar-refractivity contribution in [1.29, 1.82) is 0 Å². The number of benzene rings is 2. The first-order valence-corrected chi connectivity index (χ1v) is 9.01. The molecule has 0 saturated carbocycles. The molecular weight excluding hydrogens is 342 g/mol. The number of likely N-dealkylation sites (N-methyl/N-ethyl adjacent to an activating group) is 1. The zero-order chi connectivity index (χ0) is 19.6. The van der Waals surface area contributed by atoms with Crippen LogP contribution in [-0.4, -0.2) is 49.3 Å². The first-order valence-electron chi connectivity index (χ1n) is 9.01. The van der Waals surface area contributed by atoms with Crippen LogP contribution >= 0.6 is 0 Å². The summed E-state index contributed by atoms with van der Waals surface area (Å²) in [4.78, 5) is 40.0. The lowest BCUT2D eigenvalue weighted by Crippen LogP contribution is -3.07. The van der Waals surface area contributed by atoms with E-state index < -0.39 is 17.9 Å². The van der Waals surface area contributed by atoms with Gasteiger partial charge in [-0.05, 0) is 19.1 Å². The van der Waals surface area contributed by atoms with Crippen LogP contribution in [0.5, 0.6) is 0 Å². The number of nitrogens with one attached hydrogen (secondary N) is 2. The molecule has 1 aliphatic rings. The summed E-state index contributed by atoms with van der Waals surface area (Å²) in [5, 5.41) is 2.90. The van der Waals surface area contributed by atoms with E-state index in [2.05, 4.69) is 5.32 Å². The highest BCUT2D eigenvalue weighted by molar-refractivity contribution is 6.22. The van der Waals surface area contributed by atoms with E-state index in [0.29, 0.717) is 17.7 Å². The second-order valence-electron chi connectivity index (χ2n) is 6.99. The maximum absolute atomic E-state index is 12.7. The number of carbonyl (C=O) groups excluding carboxylic acids is 3. The molecule has 3 amide bonds. The Bertz CT molecular complexity index is 829. The van der Waals surface area contributed by atoms with E-state index >= 15 is 0 Å². The maximum Gasteiger partial charge on any atom is 0.262 e. The predicted molar refractivity (Wildman–Crippen MR) is 101 cm³/mol. The topological polar surface area (TPSA) is 70.9 Å². The van der Waals surface area contributed by atoms with Crippen LogP contribution in [-0.2, 0) is 4.79 Å². The van der Waals surface area contributed by atoms with Crippen LogP contribution in [0.3, 0.4) is 0 Å². The fourth-order valence-corrected chi connectivity index (χ4v) is 3.37. The minimum atomic E-state index is -0.869. The Hall–Kier alpha value is -2.99. The van der Waals surface area contributed by atoms with Crippen LogP contribution in [0.15, 0.2) is 54.6 Å². The molecule has 2 aromatic carbocycles. The number of nitrogens with zero attached hydrogens (tertiary/aromatic N) is 1. The third-order valence-corrected chi connectivity index (χ3v) is 4.97. The second kappa shape index (κ2) is 7.72. The Morgan fingerprint density at radius 2 is 1.48 bits per heavy atom. The highest BCUT2D eigenvalue weighted by Crippen LogP contribution is 2.24. The number of amides is 3. The lowest BCUT2D eigenvalue weighted by Gasteiger charge is -2.25. The van der Waals surface area contributed by atoms with Crippen LogP contribution in [0.2, 0.25) is 0 Å². The number of rotatable bonds is 6. The van der Waals surface area contributed by atoms with E-state index in [4.69, 9.17) is 0 Å². The minimum Gasteiger partial charge on any atom is -0.348 e.